The van der Waals surface area contributed by atoms with Crippen molar-refractivity contribution in [1.82, 2.24) is 0 Å². The molecule has 0 amide bonds. The summed E-state index contributed by atoms with van der Waals surface area (Å²) in [4.78, 5) is 12.8. The summed E-state index contributed by atoms with van der Waals surface area (Å²) in [5.74, 6) is 3.71. The third-order valence-corrected chi connectivity index (χ3v) is 10.1. The van der Waals surface area contributed by atoms with Gasteiger partial charge in [-0.15, -0.1) is 0 Å². The minimum absolute atomic E-state index is 0.0796. The molecule has 0 heterocycles. The summed E-state index contributed by atoms with van der Waals surface area (Å²) in [6.45, 7) is 9.09. The molecule has 5 rings (SSSR count). The molecule has 1 N–H and O–H groups in total. The molecular weight excluding hydrogens is 356 g/mol. The van der Waals surface area contributed by atoms with Gasteiger partial charge in [0.2, 0.25) is 0 Å². The fourth-order valence-electron chi connectivity index (χ4n) is 8.00. The van der Waals surface area contributed by atoms with Gasteiger partial charge in [-0.05, 0) is 98.9 Å². The lowest BCUT2D eigenvalue weighted by atomic mass is 9.44. The first kappa shape index (κ1) is 19.6. The quantitative estimate of drug-likeness (QED) is 0.519. The van der Waals surface area contributed by atoms with E-state index in [0.717, 1.165) is 57.8 Å². The van der Waals surface area contributed by atoms with Crippen LogP contribution >= 0.6 is 0 Å². The molecular formula is C27H38O2. The van der Waals surface area contributed by atoms with Crippen molar-refractivity contribution in [2.75, 3.05) is 0 Å². The van der Waals surface area contributed by atoms with Gasteiger partial charge in [0.1, 0.15) is 5.78 Å². The van der Waals surface area contributed by atoms with Crippen molar-refractivity contribution in [3.05, 3.63) is 35.1 Å². The Morgan fingerprint density at radius 2 is 1.86 bits per heavy atom. The molecule has 0 spiro atoms. The second-order valence-corrected chi connectivity index (χ2v) is 11.4. The molecule has 5 aliphatic carbocycles. The summed E-state index contributed by atoms with van der Waals surface area (Å²) in [5.41, 5.74) is 4.44. The van der Waals surface area contributed by atoms with Crippen LogP contribution in [0.25, 0.3) is 0 Å². The number of allylic oxidation sites excluding steroid dienone is 5. The Hall–Kier alpha value is -1.31. The first-order chi connectivity index (χ1) is 13.8. The first-order valence-electron chi connectivity index (χ1n) is 12.1. The molecule has 2 heteroatoms. The molecule has 29 heavy (non-hydrogen) atoms. The predicted molar refractivity (Wildman–Crippen MR) is 117 cm³/mol. The van der Waals surface area contributed by atoms with Crippen LogP contribution in [0.5, 0.6) is 0 Å². The fraction of sp³-hybridized carbons (Fsp3) is 0.741. The maximum atomic E-state index is 12.8. The van der Waals surface area contributed by atoms with E-state index in [1.165, 1.54) is 30.4 Å². The van der Waals surface area contributed by atoms with Gasteiger partial charge in [0.25, 0.3) is 0 Å². The van der Waals surface area contributed by atoms with Crippen LogP contribution in [0.4, 0.5) is 0 Å². The number of aliphatic hydroxyl groups is 1. The van der Waals surface area contributed by atoms with E-state index in [0.29, 0.717) is 40.6 Å². The van der Waals surface area contributed by atoms with Gasteiger partial charge in [-0.3, -0.25) is 4.79 Å². The Morgan fingerprint density at radius 1 is 1.10 bits per heavy atom. The fourth-order valence-corrected chi connectivity index (χ4v) is 8.00. The van der Waals surface area contributed by atoms with E-state index in [-0.39, 0.29) is 5.41 Å². The molecule has 0 radical (unpaired) electrons. The van der Waals surface area contributed by atoms with Gasteiger partial charge in [0.15, 0.2) is 0 Å². The number of aliphatic hydroxyl groups excluding tert-OH is 1. The maximum absolute atomic E-state index is 12.8. The molecule has 0 saturated heterocycles. The Morgan fingerprint density at radius 3 is 2.59 bits per heavy atom. The van der Waals surface area contributed by atoms with Crippen molar-refractivity contribution < 1.29 is 9.90 Å². The number of Topliss-reactive ketones (excluding diaryl/α,β-unsaturated/α-hetero) is 1. The maximum Gasteiger partial charge on any atom is 0.139 e. The van der Waals surface area contributed by atoms with E-state index in [1.807, 2.05) is 0 Å². The molecule has 0 aliphatic heterocycles. The standard InChI is InChI=1S/C27H38O2/c1-17-11-13-26(2)20(15-17)16-19(7-9-23(28)18-5-4-6-18)25-21-8-10-24(29)27(21,3)14-12-22(25)26/h15,19,21-22,25,28H,1,4-14,16H2,2-3H3. The number of rotatable bonds is 3. The lowest BCUT2D eigenvalue weighted by Crippen LogP contribution is -2.53. The van der Waals surface area contributed by atoms with Crippen LogP contribution in [0.2, 0.25) is 0 Å². The Bertz CT molecular complexity index is 795. The van der Waals surface area contributed by atoms with Gasteiger partial charge in [0.05, 0.1) is 5.76 Å². The van der Waals surface area contributed by atoms with Crippen molar-refractivity contribution in [3.63, 3.8) is 0 Å². The summed E-state index contributed by atoms with van der Waals surface area (Å²) in [6, 6.07) is 0. The van der Waals surface area contributed by atoms with Crippen LogP contribution in [0, 0.1) is 34.5 Å². The van der Waals surface area contributed by atoms with Gasteiger partial charge >= 0.3 is 0 Å². The lowest BCUT2D eigenvalue weighted by Gasteiger charge is -2.60. The lowest BCUT2D eigenvalue weighted by molar-refractivity contribution is -0.134. The van der Waals surface area contributed by atoms with Crippen LogP contribution in [-0.2, 0) is 4.79 Å². The Balaban J connectivity index is 1.48. The highest BCUT2D eigenvalue weighted by Gasteiger charge is 2.60. The van der Waals surface area contributed by atoms with E-state index in [2.05, 4.69) is 26.5 Å². The van der Waals surface area contributed by atoms with Gasteiger partial charge in [0, 0.05) is 18.3 Å². The van der Waals surface area contributed by atoms with Crippen LogP contribution in [0.3, 0.4) is 0 Å². The number of hydrogen-bond donors (Lipinski definition) is 1. The SMILES string of the molecule is C=C1C=C2CC(CCC(O)=C3CCC3)C3C4CCC(=O)C4(C)CCC3C2(C)CC1. The average molecular weight is 395 g/mol. The van der Waals surface area contributed by atoms with Crippen molar-refractivity contribution in [1.29, 1.82) is 0 Å². The predicted octanol–water partition coefficient (Wildman–Crippen LogP) is 7.08. The molecule has 5 aliphatic rings. The van der Waals surface area contributed by atoms with E-state index in [9.17, 15) is 9.90 Å². The molecule has 4 saturated carbocycles. The summed E-state index contributed by atoms with van der Waals surface area (Å²) in [5, 5.41) is 10.6. The average Bonchev–Trinajstić information content (AvgIpc) is 2.94. The smallest absolute Gasteiger partial charge is 0.139 e. The van der Waals surface area contributed by atoms with Crippen molar-refractivity contribution >= 4 is 5.78 Å². The molecule has 6 unspecified atom stereocenters. The normalized spacial score (nSPS) is 43.8. The Kier molecular flexibility index (Phi) is 4.64. The zero-order valence-electron chi connectivity index (χ0n) is 18.4. The zero-order chi connectivity index (χ0) is 20.4. The van der Waals surface area contributed by atoms with Gasteiger partial charge in [-0.25, -0.2) is 0 Å². The van der Waals surface area contributed by atoms with Crippen LogP contribution in [-0.4, -0.2) is 10.9 Å². The van der Waals surface area contributed by atoms with Crippen molar-refractivity contribution in [2.24, 2.45) is 34.5 Å². The second-order valence-electron chi connectivity index (χ2n) is 11.4. The largest absolute Gasteiger partial charge is 0.512 e. The minimum Gasteiger partial charge on any atom is -0.512 e. The number of fused-ring (bicyclic) bond motifs is 5. The molecule has 0 aromatic rings. The minimum atomic E-state index is -0.0796. The highest BCUT2D eigenvalue weighted by atomic mass is 16.3. The molecule has 0 aromatic heterocycles. The third-order valence-electron chi connectivity index (χ3n) is 10.1. The number of carbonyl (C=O) groups is 1. The molecule has 0 bridgehead atoms. The van der Waals surface area contributed by atoms with Gasteiger partial charge in [-0.2, -0.15) is 0 Å². The van der Waals surface area contributed by atoms with Crippen LogP contribution < -0.4 is 0 Å². The van der Waals surface area contributed by atoms with E-state index in [4.69, 9.17) is 0 Å². The van der Waals surface area contributed by atoms with Crippen LogP contribution in [0.15, 0.2) is 35.1 Å². The highest BCUT2D eigenvalue weighted by Crippen LogP contribution is 2.66. The van der Waals surface area contributed by atoms with Crippen molar-refractivity contribution in [2.45, 2.75) is 90.9 Å². The van der Waals surface area contributed by atoms with E-state index in [1.54, 1.807) is 5.57 Å². The monoisotopic (exact) mass is 394 g/mol. The topological polar surface area (TPSA) is 37.3 Å². The number of ketones is 1. The van der Waals surface area contributed by atoms with E-state index < -0.39 is 0 Å². The van der Waals surface area contributed by atoms with E-state index >= 15 is 0 Å². The zero-order valence-corrected chi connectivity index (χ0v) is 18.4. The van der Waals surface area contributed by atoms with Crippen LogP contribution in [0.1, 0.15) is 90.9 Å². The Labute approximate surface area is 176 Å². The number of carbonyl (C=O) groups excluding carboxylic acids is 1. The second kappa shape index (κ2) is 6.86. The first-order valence-corrected chi connectivity index (χ1v) is 12.1. The molecule has 0 aromatic carbocycles. The highest BCUT2D eigenvalue weighted by molar-refractivity contribution is 5.87. The van der Waals surface area contributed by atoms with Gasteiger partial charge < -0.3 is 5.11 Å². The summed E-state index contributed by atoms with van der Waals surface area (Å²) >= 11 is 0. The molecule has 6 atom stereocenters. The summed E-state index contributed by atoms with van der Waals surface area (Å²) in [7, 11) is 0. The molecule has 2 nitrogen and oxygen atoms in total. The number of hydrogen-bond acceptors (Lipinski definition) is 2. The summed E-state index contributed by atoms with van der Waals surface area (Å²) < 4.78 is 0. The van der Waals surface area contributed by atoms with Gasteiger partial charge in [-0.1, -0.05) is 37.6 Å². The molecule has 158 valence electrons. The summed E-state index contributed by atoms with van der Waals surface area (Å²) in [6.07, 6.45) is 15.5. The van der Waals surface area contributed by atoms with Crippen molar-refractivity contribution in [3.8, 4) is 0 Å². The molecule has 4 fully saturated rings. The third kappa shape index (κ3) is 2.92.